The monoisotopic (exact) mass is 2020 g/mol. The van der Waals surface area contributed by atoms with Crippen molar-refractivity contribution in [3.63, 3.8) is 0 Å². The quantitative estimate of drug-likeness (QED) is 0.0756. The van der Waals surface area contributed by atoms with Gasteiger partial charge in [-0.25, -0.2) is 74.5 Å². The van der Waals surface area contributed by atoms with Crippen LogP contribution in [-0.4, -0.2) is 159 Å². The minimum atomic E-state index is -1.25. The number of imidazole rings is 1. The summed E-state index contributed by atoms with van der Waals surface area (Å²) in [5.41, 5.74) is 18.8. The highest BCUT2D eigenvalue weighted by Gasteiger charge is 2.45. The average molecular weight is 2030 g/mol. The van der Waals surface area contributed by atoms with Gasteiger partial charge in [-0.1, -0.05) is 35.3 Å². The number of nitrogens with zero attached hydrogens (tertiary/aromatic N) is 20. The van der Waals surface area contributed by atoms with Crippen LogP contribution in [0.4, 0.5) is 35.1 Å². The van der Waals surface area contributed by atoms with Crippen molar-refractivity contribution in [2.24, 2.45) is 0 Å². The molecule has 740 valence electrons. The molecule has 4 fully saturated rings. The molecule has 20 aromatic rings. The molecule has 24 nitrogen and oxygen atoms in total. The van der Waals surface area contributed by atoms with Gasteiger partial charge in [-0.15, -0.1) is 0 Å². The summed E-state index contributed by atoms with van der Waals surface area (Å²) in [5, 5.41) is 11.3. The highest BCUT2D eigenvalue weighted by Crippen LogP contribution is 2.44. The summed E-state index contributed by atoms with van der Waals surface area (Å²) >= 11 is 11.8. The van der Waals surface area contributed by atoms with Crippen molar-refractivity contribution in [2.75, 3.05) is 13.1 Å². The molecule has 0 radical (unpaired) electrons. The molecule has 0 spiro atoms. The summed E-state index contributed by atoms with van der Waals surface area (Å²) in [6.45, 7) is 15.0. The molecule has 2 amide bonds. The molecule has 0 bridgehead atoms. The van der Waals surface area contributed by atoms with E-state index in [1.165, 1.54) is 74.6 Å². The second-order valence-corrected chi connectivity index (χ2v) is 38.6. The number of nitrogens with one attached hydrogen (secondary N) is 2. The predicted molar refractivity (Wildman–Crippen MR) is 553 cm³/mol. The van der Waals surface area contributed by atoms with Gasteiger partial charge in [0.1, 0.15) is 62.8 Å². The maximum Gasteiger partial charge on any atom is 0.270 e. The molecule has 4 aliphatic rings. The first kappa shape index (κ1) is 98.9. The Morgan fingerprint density at radius 3 is 1.30 bits per heavy atom. The lowest BCUT2D eigenvalue weighted by Gasteiger charge is -2.47. The average Bonchev–Trinajstić information content (AvgIpc) is 1.58. The number of rotatable bonds is 14. The molecule has 19 heterocycles. The van der Waals surface area contributed by atoms with Crippen molar-refractivity contribution in [1.82, 2.24) is 109 Å². The van der Waals surface area contributed by atoms with Crippen LogP contribution in [0, 0.1) is 60.4 Å². The van der Waals surface area contributed by atoms with Crippen LogP contribution < -0.4 is 10.6 Å². The van der Waals surface area contributed by atoms with Gasteiger partial charge in [0.25, 0.3) is 11.8 Å². The fourth-order valence-corrected chi connectivity index (χ4v) is 20.6. The highest BCUT2D eigenvalue weighted by molar-refractivity contribution is 6.31. The molecule has 4 saturated heterocycles. The minimum Gasteiger partial charge on any atom is -0.349 e. The normalized spacial score (nSPS) is 16.1. The number of carbonyl (C=O) groups excluding carboxylic acids is 2. The van der Waals surface area contributed by atoms with Crippen LogP contribution in [0.3, 0.4) is 0 Å². The SMILES string of the molecule is Cc1cc(-c2ncccc2-c2ccc3ncc(C(=O)N[C@@H]4C[C@@H]5CCCN5C(C)(C)C4)n3c2)ccc1F.Cc1cc(-c2ncccc2-c2ccn3ncc(C(=O)N[C@@H]4C[C@@H]5CCCN5C(C)(C)C4)c3c2)ccc1F.Fc1cc(F)c(-c2ncccc2-c2ccc3nccnc3n2)cc1Cl.Fc1cc(F)c(-c2ncccc2-c2ccc3nccnc3n2)cc1F.Fc1ccc(Cl)cc1-c1ncccc1-c1ccc2nccnc2n1. The van der Waals surface area contributed by atoms with Crippen LogP contribution in [-0.2, 0) is 0 Å². The zero-order valence-electron chi connectivity index (χ0n) is 80.6. The van der Waals surface area contributed by atoms with Crippen molar-refractivity contribution < 1.29 is 44.7 Å². The Morgan fingerprint density at radius 1 is 0.372 bits per heavy atom. The molecule has 4 aliphatic heterocycles. The molecule has 148 heavy (non-hydrogen) atoms. The zero-order chi connectivity index (χ0) is 103. The zero-order valence-corrected chi connectivity index (χ0v) is 82.1. The van der Waals surface area contributed by atoms with Gasteiger partial charge in [0, 0.05) is 194 Å². The predicted octanol–water partition coefficient (Wildman–Crippen LogP) is 24.7. The summed E-state index contributed by atoms with van der Waals surface area (Å²) in [7, 11) is 0. The Hall–Kier alpha value is -16.4. The molecule has 15 aromatic heterocycles. The summed E-state index contributed by atoms with van der Waals surface area (Å²) in [6.07, 6.45) is 33.3. The smallest absolute Gasteiger partial charge is 0.270 e. The van der Waals surface area contributed by atoms with E-state index in [1.54, 1.807) is 153 Å². The third-order valence-electron chi connectivity index (χ3n) is 27.1. The van der Waals surface area contributed by atoms with Crippen molar-refractivity contribution in [3.8, 4) is 112 Å². The lowest BCUT2D eigenvalue weighted by molar-refractivity contribution is 0.0361. The number of carbonyl (C=O) groups is 2. The fourth-order valence-electron chi connectivity index (χ4n) is 20.3. The standard InChI is InChI=1S/2C30H32FN5O.C18H9ClF2N4.C18H10ClFN4.C18H9F3N4/c1-19-14-20(8-10-25(19)31)28-24(7-4-12-32-28)21-9-11-27-33-17-26(35(27)18-21)29(37)34-22-15-23-6-5-13-36(23)30(2,3)16-22;1-19-14-21(8-9-26(19)31)28-24(7-4-11-32-28)20-10-13-36-27(15-20)25(18-33-36)29(37)34-22-16-23-6-5-12-35(23)30(2,3)17-22;19-12-8-11(13(20)9-14(12)21)17-10(2-1-5-23-17)15-3-4-16-18(25-15)24-7-6-22-16;19-11-3-4-14(20)13(10-11)17-12(2-1-7-22-17)15-5-6-16-18(24-15)23-9-8-21-16;19-12-9-14(21)13(20)8-11(12)17-10(2-1-5-23-17)15-3-4-16-18(25-15)24-7-6-22-16/h4,7-12,14,17-18,22-23H,5-6,13,15-16H2,1-3H3,(H,34,37);4,7-11,13-15,18,22-23H,5-6,12,16-17H2,1-3H3,(H,34,37);1-9H;1-10H;1-9H/t2*22-,23+;;;/m11.../s1. The summed E-state index contributed by atoms with van der Waals surface area (Å²) in [4.78, 5) is 97.0. The summed E-state index contributed by atoms with van der Waals surface area (Å²) in [6, 6.07) is 55.7. The number of fused-ring (bicyclic) bond motifs is 7. The fraction of sp³-hybridized carbons (Fsp3) is 0.193. The van der Waals surface area contributed by atoms with Crippen molar-refractivity contribution in [3.05, 3.63) is 372 Å². The van der Waals surface area contributed by atoms with E-state index in [-0.39, 0.29) is 74.3 Å². The summed E-state index contributed by atoms with van der Waals surface area (Å²) < 4.78 is 114. The first-order chi connectivity index (χ1) is 71.6. The van der Waals surface area contributed by atoms with E-state index in [0.29, 0.717) is 135 Å². The van der Waals surface area contributed by atoms with E-state index in [0.717, 1.165) is 101 Å². The van der Waals surface area contributed by atoms with E-state index >= 15 is 0 Å². The first-order valence-electron chi connectivity index (χ1n) is 48.0. The molecule has 0 saturated carbocycles. The number of hydrogen-bond acceptors (Lipinski definition) is 20. The summed E-state index contributed by atoms with van der Waals surface area (Å²) in [5.74, 6) is -5.92. The van der Waals surface area contributed by atoms with E-state index in [1.807, 2.05) is 95.7 Å². The molecule has 0 unspecified atom stereocenters. The lowest BCUT2D eigenvalue weighted by atomic mass is 9.83. The van der Waals surface area contributed by atoms with Crippen LogP contribution >= 0.6 is 23.2 Å². The van der Waals surface area contributed by atoms with Crippen LogP contribution in [0.5, 0.6) is 0 Å². The van der Waals surface area contributed by atoms with Gasteiger partial charge in [-0.2, -0.15) is 5.10 Å². The highest BCUT2D eigenvalue weighted by atomic mass is 35.5. The van der Waals surface area contributed by atoms with E-state index in [9.17, 15) is 44.7 Å². The van der Waals surface area contributed by atoms with Gasteiger partial charge in [0.15, 0.2) is 28.6 Å². The van der Waals surface area contributed by atoms with Gasteiger partial charge in [-0.3, -0.25) is 63.7 Å². The maximum atomic E-state index is 14.3. The van der Waals surface area contributed by atoms with Gasteiger partial charge in [0.05, 0.1) is 74.0 Å². The second-order valence-electron chi connectivity index (χ2n) is 37.7. The second kappa shape index (κ2) is 42.3. The third kappa shape index (κ3) is 21.0. The Balaban J connectivity index is 0.000000114. The Bertz CT molecular complexity index is 8090. The molecule has 24 rings (SSSR count). The molecular formula is C114H92Cl2F8N22O2. The number of halogens is 10. The van der Waals surface area contributed by atoms with Gasteiger partial charge in [0.2, 0.25) is 0 Å². The van der Waals surface area contributed by atoms with Crippen LogP contribution in [0.25, 0.3) is 157 Å². The molecule has 34 heteroatoms. The third-order valence-corrected chi connectivity index (χ3v) is 27.7. The number of benzene rings is 5. The maximum absolute atomic E-state index is 14.3. The van der Waals surface area contributed by atoms with Gasteiger partial charge < -0.3 is 10.6 Å². The Labute approximate surface area is 854 Å². The number of aryl methyl sites for hydroxylation is 2. The van der Waals surface area contributed by atoms with Gasteiger partial charge in [-0.05, 0) is 299 Å². The largest absolute Gasteiger partial charge is 0.349 e. The van der Waals surface area contributed by atoms with E-state index < -0.39 is 29.1 Å². The van der Waals surface area contributed by atoms with Crippen molar-refractivity contribution in [1.29, 1.82) is 0 Å². The molecule has 2 N–H and O–H groups in total. The van der Waals surface area contributed by atoms with Crippen LogP contribution in [0.1, 0.15) is 111 Å². The van der Waals surface area contributed by atoms with Crippen LogP contribution in [0.2, 0.25) is 10.0 Å². The topological polar surface area (TPSA) is 280 Å². The number of piperidine rings is 2. The number of pyridine rings is 10. The number of amides is 2. The molecule has 5 aromatic carbocycles. The van der Waals surface area contributed by atoms with E-state index in [4.69, 9.17) is 23.2 Å². The number of hydrogen-bond donors (Lipinski definition) is 2. The molecule has 0 aliphatic carbocycles. The van der Waals surface area contributed by atoms with E-state index in [2.05, 4.69) is 128 Å². The van der Waals surface area contributed by atoms with Crippen molar-refractivity contribution in [2.45, 2.75) is 128 Å². The Kier molecular flexibility index (Phi) is 28.3. The molecular weight excluding hydrogens is 1930 g/mol. The first-order valence-corrected chi connectivity index (χ1v) is 48.7. The lowest BCUT2D eigenvalue weighted by Crippen LogP contribution is -2.57. The van der Waals surface area contributed by atoms with Gasteiger partial charge >= 0.3 is 0 Å². The minimum absolute atomic E-state index is 0.0828. The Morgan fingerprint density at radius 2 is 0.804 bits per heavy atom. The number of aromatic nitrogens is 18. The molecule has 4 atom stereocenters. The van der Waals surface area contributed by atoms with Crippen LogP contribution in [0.15, 0.2) is 293 Å². The van der Waals surface area contributed by atoms with Crippen molar-refractivity contribution >= 4 is 79.7 Å².